The van der Waals surface area contributed by atoms with E-state index < -0.39 is 0 Å². The van der Waals surface area contributed by atoms with Gasteiger partial charge in [0.2, 0.25) is 0 Å². The van der Waals surface area contributed by atoms with E-state index in [1.807, 2.05) is 0 Å². The van der Waals surface area contributed by atoms with Crippen molar-refractivity contribution in [1.82, 2.24) is 24.5 Å². The van der Waals surface area contributed by atoms with Crippen LogP contribution >= 0.6 is 0 Å². The zero-order valence-corrected chi connectivity index (χ0v) is 29.7. The van der Waals surface area contributed by atoms with Crippen molar-refractivity contribution in [3.63, 3.8) is 0 Å². The Labute approximate surface area is 257 Å². The Morgan fingerprint density at radius 2 is 1.27 bits per heavy atom. The summed E-state index contributed by atoms with van der Waals surface area (Å²) in [5.74, 6) is 1.04. The molecule has 3 aliphatic heterocycles. The van der Waals surface area contributed by atoms with Crippen LogP contribution in [0.3, 0.4) is 0 Å². The van der Waals surface area contributed by atoms with Crippen LogP contribution in [0.15, 0.2) is 0 Å². The fourth-order valence-electron chi connectivity index (χ4n) is 7.29. The monoisotopic (exact) mass is 580 g/mol. The van der Waals surface area contributed by atoms with E-state index in [0.717, 1.165) is 18.0 Å². The number of hydrogen-bond donors (Lipinski definition) is 0. The van der Waals surface area contributed by atoms with Gasteiger partial charge in [-0.05, 0) is 154 Å². The Morgan fingerprint density at radius 1 is 0.634 bits per heavy atom. The molecule has 0 bridgehead atoms. The van der Waals surface area contributed by atoms with Crippen LogP contribution in [0, 0.1) is 5.92 Å². The molecule has 0 spiro atoms. The third kappa shape index (κ3) is 13.5. The van der Waals surface area contributed by atoms with Crippen LogP contribution in [-0.4, -0.2) is 132 Å². The molecule has 4 aliphatic rings. The molecule has 3 heterocycles. The van der Waals surface area contributed by atoms with Crippen molar-refractivity contribution in [2.75, 3.05) is 59.4 Å². The van der Waals surface area contributed by atoms with Crippen LogP contribution in [0.4, 0.5) is 0 Å². The van der Waals surface area contributed by atoms with E-state index in [0.29, 0.717) is 36.4 Å². The van der Waals surface area contributed by atoms with Crippen molar-refractivity contribution in [2.45, 2.75) is 163 Å². The highest BCUT2D eigenvalue weighted by molar-refractivity contribution is 4.84. The largest absolute Gasteiger partial charge is 0.374 e. The van der Waals surface area contributed by atoms with Crippen molar-refractivity contribution in [3.05, 3.63) is 0 Å². The van der Waals surface area contributed by atoms with E-state index in [1.165, 1.54) is 90.9 Å². The van der Waals surface area contributed by atoms with Crippen LogP contribution in [0.5, 0.6) is 0 Å². The molecule has 1 unspecified atom stereocenters. The standard InChI is InChI=1S/C13H26N2.C12H26N2.C10H21NO/c1-11(2)15-8-4-7-14(9-12(15)3)10-13-5-6-13;1-10(2)13-7-6-12(5)14(9-8-13)11(3)4;1-8(2)12-9(3)10-6-5-7-11(10)4/h11-13H,4-10H2,1-3H3;10-12H,6-9H2,1-5H3;8-10H,5-7H2,1-4H3/t2*12-;9-,10?/m000/s1. The first-order valence-corrected chi connectivity index (χ1v) is 17.6. The topological polar surface area (TPSA) is 25.4 Å². The third-order valence-electron chi connectivity index (χ3n) is 9.90. The Balaban J connectivity index is 0.000000217. The second-order valence-corrected chi connectivity index (χ2v) is 14.9. The number of likely N-dealkylation sites (tertiary alicyclic amines) is 1. The van der Waals surface area contributed by atoms with Crippen molar-refractivity contribution in [1.29, 1.82) is 0 Å². The summed E-state index contributed by atoms with van der Waals surface area (Å²) in [6, 6.07) is 4.24. The average molecular weight is 580 g/mol. The van der Waals surface area contributed by atoms with Gasteiger partial charge in [0, 0.05) is 62.4 Å². The Hall–Kier alpha value is -0.240. The average Bonchev–Trinajstić information content (AvgIpc) is 3.65. The van der Waals surface area contributed by atoms with Crippen LogP contribution in [-0.2, 0) is 4.74 Å². The Morgan fingerprint density at radius 3 is 1.78 bits per heavy atom. The molecule has 0 aromatic carbocycles. The van der Waals surface area contributed by atoms with Gasteiger partial charge >= 0.3 is 0 Å². The third-order valence-corrected chi connectivity index (χ3v) is 9.90. The van der Waals surface area contributed by atoms with Crippen LogP contribution in [0.1, 0.15) is 115 Å². The minimum absolute atomic E-state index is 0.356. The summed E-state index contributed by atoms with van der Waals surface area (Å²) in [6.07, 6.45) is 9.01. The molecule has 4 rings (SSSR count). The van der Waals surface area contributed by atoms with Crippen molar-refractivity contribution in [2.24, 2.45) is 5.92 Å². The molecule has 1 saturated carbocycles. The van der Waals surface area contributed by atoms with E-state index in [-0.39, 0.29) is 0 Å². The molecule has 3 saturated heterocycles. The van der Waals surface area contributed by atoms with Gasteiger partial charge in [-0.15, -0.1) is 0 Å². The smallest absolute Gasteiger partial charge is 0.0705 e. The number of rotatable bonds is 8. The first-order chi connectivity index (χ1) is 19.3. The molecule has 0 radical (unpaired) electrons. The van der Waals surface area contributed by atoms with Crippen molar-refractivity contribution in [3.8, 4) is 0 Å². The maximum atomic E-state index is 5.76. The van der Waals surface area contributed by atoms with Gasteiger partial charge in [0.05, 0.1) is 12.2 Å². The maximum Gasteiger partial charge on any atom is 0.0705 e. The van der Waals surface area contributed by atoms with Gasteiger partial charge in [-0.2, -0.15) is 0 Å². The lowest BCUT2D eigenvalue weighted by Gasteiger charge is -2.32. The van der Waals surface area contributed by atoms with Crippen LogP contribution in [0.2, 0.25) is 0 Å². The SMILES string of the molecule is CC(C)N1CCCN(CC2CC2)C[C@@H]1C.CC(C)N1CC[C@H](C)N(C(C)C)CC1.CC(C)O[C@@H](C)C1CCCN1C. The van der Waals surface area contributed by atoms with Crippen LogP contribution < -0.4 is 0 Å². The quantitative estimate of drug-likeness (QED) is 0.335. The highest BCUT2D eigenvalue weighted by Gasteiger charge is 2.29. The minimum Gasteiger partial charge on any atom is -0.374 e. The van der Waals surface area contributed by atoms with E-state index in [4.69, 9.17) is 4.74 Å². The Bertz CT molecular complexity index is 681. The molecule has 6 heteroatoms. The number of likely N-dealkylation sites (N-methyl/N-ethyl adjacent to an activating group) is 1. The summed E-state index contributed by atoms with van der Waals surface area (Å²) < 4.78 is 5.76. The second kappa shape index (κ2) is 18.5. The van der Waals surface area contributed by atoms with E-state index in [2.05, 4.69) is 108 Å². The van der Waals surface area contributed by atoms with Crippen LogP contribution in [0.25, 0.3) is 0 Å². The molecule has 1 aliphatic carbocycles. The lowest BCUT2D eigenvalue weighted by molar-refractivity contribution is -0.0201. The molecule has 41 heavy (non-hydrogen) atoms. The first kappa shape index (κ1) is 36.9. The van der Waals surface area contributed by atoms with Crippen molar-refractivity contribution >= 4 is 0 Å². The van der Waals surface area contributed by atoms with Gasteiger partial charge in [-0.25, -0.2) is 0 Å². The Kier molecular flexibility index (Phi) is 16.7. The number of ether oxygens (including phenoxy) is 1. The van der Waals surface area contributed by atoms with E-state index >= 15 is 0 Å². The minimum atomic E-state index is 0.356. The zero-order valence-electron chi connectivity index (χ0n) is 29.7. The van der Waals surface area contributed by atoms with Gasteiger partial charge in [0.25, 0.3) is 0 Å². The molecule has 0 aromatic heterocycles. The molecular formula is C35H73N5O. The summed E-state index contributed by atoms with van der Waals surface area (Å²) in [5.41, 5.74) is 0. The zero-order chi connectivity index (χ0) is 30.7. The summed E-state index contributed by atoms with van der Waals surface area (Å²) in [6.45, 7) is 35.3. The summed E-state index contributed by atoms with van der Waals surface area (Å²) in [7, 11) is 2.19. The first-order valence-electron chi connectivity index (χ1n) is 17.6. The molecule has 0 aromatic rings. The molecule has 4 fully saturated rings. The summed E-state index contributed by atoms with van der Waals surface area (Å²) >= 11 is 0. The molecule has 244 valence electrons. The fraction of sp³-hybridized carbons (Fsp3) is 1.00. The molecule has 4 atom stereocenters. The van der Waals surface area contributed by atoms with Crippen molar-refractivity contribution < 1.29 is 4.74 Å². The highest BCUT2D eigenvalue weighted by atomic mass is 16.5. The normalized spacial score (nSPS) is 28.8. The maximum absolute atomic E-state index is 5.76. The van der Waals surface area contributed by atoms with Gasteiger partial charge in [-0.1, -0.05) is 0 Å². The lowest BCUT2D eigenvalue weighted by atomic mass is 10.1. The summed E-state index contributed by atoms with van der Waals surface area (Å²) in [5, 5.41) is 0. The predicted octanol–water partition coefficient (Wildman–Crippen LogP) is 6.29. The van der Waals surface area contributed by atoms with Gasteiger partial charge < -0.3 is 14.5 Å². The molecule has 0 amide bonds. The van der Waals surface area contributed by atoms with E-state index in [1.54, 1.807) is 0 Å². The molecule has 6 nitrogen and oxygen atoms in total. The van der Waals surface area contributed by atoms with Gasteiger partial charge in [0.1, 0.15) is 0 Å². The van der Waals surface area contributed by atoms with Gasteiger partial charge in [0.15, 0.2) is 0 Å². The number of nitrogens with zero attached hydrogens (tertiary/aromatic N) is 5. The number of hydrogen-bond acceptors (Lipinski definition) is 6. The van der Waals surface area contributed by atoms with Gasteiger partial charge in [-0.3, -0.25) is 14.7 Å². The predicted molar refractivity (Wildman–Crippen MR) is 179 cm³/mol. The summed E-state index contributed by atoms with van der Waals surface area (Å²) in [4.78, 5) is 13.0. The lowest BCUT2D eigenvalue weighted by Crippen LogP contribution is -2.43. The second-order valence-electron chi connectivity index (χ2n) is 14.9. The molecule has 0 N–H and O–H groups in total. The molecular weight excluding hydrogens is 506 g/mol. The fourth-order valence-corrected chi connectivity index (χ4v) is 7.29. The highest BCUT2D eigenvalue weighted by Crippen LogP contribution is 2.30. The van der Waals surface area contributed by atoms with E-state index in [9.17, 15) is 0 Å².